The number of benzene rings is 1. The molecule has 0 unspecified atom stereocenters. The molecule has 3 aromatic heterocycles. The van der Waals surface area contributed by atoms with Gasteiger partial charge in [0.05, 0.1) is 23.0 Å². The van der Waals surface area contributed by atoms with Crippen LogP contribution in [0.4, 0.5) is 10.2 Å². The largest absolute Gasteiger partial charge is 0.369 e. The molecule has 0 saturated heterocycles. The molecule has 0 bridgehead atoms. The van der Waals surface area contributed by atoms with Crippen LogP contribution in [0.2, 0.25) is 0 Å². The van der Waals surface area contributed by atoms with Crippen molar-refractivity contribution in [2.45, 2.75) is 38.0 Å². The van der Waals surface area contributed by atoms with E-state index in [1.165, 1.54) is 26.3 Å². The van der Waals surface area contributed by atoms with Crippen LogP contribution in [-0.4, -0.2) is 39.4 Å². The van der Waals surface area contributed by atoms with Gasteiger partial charge < -0.3 is 10.6 Å². The zero-order valence-electron chi connectivity index (χ0n) is 19.8. The molecule has 3 heterocycles. The van der Waals surface area contributed by atoms with Crippen LogP contribution in [0.25, 0.3) is 22.2 Å². The molecule has 8 heteroatoms. The lowest BCUT2D eigenvalue weighted by Crippen LogP contribution is -2.20. The Balaban J connectivity index is 1.33. The van der Waals surface area contributed by atoms with Crippen LogP contribution in [0.1, 0.15) is 59.6 Å². The van der Waals surface area contributed by atoms with Gasteiger partial charge in [-0.25, -0.2) is 14.4 Å². The number of hydrogen-bond acceptors (Lipinski definition) is 6. The summed E-state index contributed by atoms with van der Waals surface area (Å²) < 4.78 is 14.4. The summed E-state index contributed by atoms with van der Waals surface area (Å²) in [4.78, 5) is 30.0. The first-order chi connectivity index (χ1) is 17.0. The van der Waals surface area contributed by atoms with Crippen molar-refractivity contribution in [3.05, 3.63) is 77.8 Å². The Bertz CT molecular complexity index is 1370. The summed E-state index contributed by atoms with van der Waals surface area (Å²) >= 11 is 0. The molecule has 35 heavy (non-hydrogen) atoms. The number of pyridine rings is 2. The number of amides is 1. The van der Waals surface area contributed by atoms with Gasteiger partial charge in [-0.3, -0.25) is 14.8 Å². The molecule has 4 aromatic rings. The van der Waals surface area contributed by atoms with Gasteiger partial charge in [0.15, 0.2) is 5.82 Å². The Hall–Kier alpha value is -3.94. The summed E-state index contributed by atoms with van der Waals surface area (Å²) in [7, 11) is 1.49. The summed E-state index contributed by atoms with van der Waals surface area (Å²) in [6, 6.07) is 11.6. The van der Waals surface area contributed by atoms with Gasteiger partial charge in [-0.1, -0.05) is 31.5 Å². The number of nitrogens with zero attached hydrogens (tertiary/aromatic N) is 4. The molecule has 2 N–H and O–H groups in total. The summed E-state index contributed by atoms with van der Waals surface area (Å²) in [5, 5.41) is 6.37. The van der Waals surface area contributed by atoms with Gasteiger partial charge in [-0.15, -0.1) is 0 Å². The SMILES string of the molecule is CNC(=O)c1c(F)cnc2c([C@H](C)CNc3cc(-c4ccc(C5CCC5)nc4)ncn3)cccc12. The van der Waals surface area contributed by atoms with Gasteiger partial charge in [-0.2, -0.15) is 0 Å². The number of para-hydroxylation sites is 1. The Morgan fingerprint density at radius 1 is 1.11 bits per heavy atom. The van der Waals surface area contributed by atoms with E-state index in [1.54, 1.807) is 12.4 Å². The fraction of sp³-hybridized carbons (Fsp3) is 0.296. The second-order valence-electron chi connectivity index (χ2n) is 8.97. The minimum atomic E-state index is -0.636. The maximum atomic E-state index is 14.4. The Morgan fingerprint density at radius 2 is 1.97 bits per heavy atom. The molecule has 1 aliphatic rings. The fourth-order valence-electron chi connectivity index (χ4n) is 4.46. The van der Waals surface area contributed by atoms with Crippen LogP contribution < -0.4 is 10.6 Å². The van der Waals surface area contributed by atoms with Crippen LogP contribution in [0.15, 0.2) is 55.1 Å². The molecule has 1 fully saturated rings. The highest BCUT2D eigenvalue weighted by atomic mass is 19.1. The predicted octanol–water partition coefficient (Wildman–Crippen LogP) is 5.07. The molecule has 5 rings (SSSR count). The van der Waals surface area contributed by atoms with Crippen LogP contribution in [0, 0.1) is 5.82 Å². The monoisotopic (exact) mass is 470 g/mol. The van der Waals surface area contributed by atoms with Gasteiger partial charge in [0, 0.05) is 54.3 Å². The van der Waals surface area contributed by atoms with E-state index in [0.29, 0.717) is 29.2 Å². The number of halogens is 1. The number of aromatic nitrogens is 4. The summed E-state index contributed by atoms with van der Waals surface area (Å²) in [6.07, 6.45) is 8.26. The van der Waals surface area contributed by atoms with Crippen molar-refractivity contribution >= 4 is 22.6 Å². The third kappa shape index (κ3) is 4.56. The molecule has 0 aliphatic heterocycles. The zero-order valence-corrected chi connectivity index (χ0v) is 19.8. The average molecular weight is 471 g/mol. The van der Waals surface area contributed by atoms with Crippen molar-refractivity contribution in [1.82, 2.24) is 25.3 Å². The maximum Gasteiger partial charge on any atom is 0.254 e. The van der Waals surface area contributed by atoms with E-state index in [1.807, 2.05) is 24.4 Å². The predicted molar refractivity (Wildman–Crippen MR) is 134 cm³/mol. The summed E-state index contributed by atoms with van der Waals surface area (Å²) in [6.45, 7) is 2.63. The maximum absolute atomic E-state index is 14.4. The Kier molecular flexibility index (Phi) is 6.35. The molecule has 178 valence electrons. The Labute approximate surface area is 203 Å². The van der Waals surface area contributed by atoms with Gasteiger partial charge >= 0.3 is 0 Å². The van der Waals surface area contributed by atoms with Crippen molar-refractivity contribution in [3.8, 4) is 11.3 Å². The molecule has 1 saturated carbocycles. The molecular weight excluding hydrogens is 443 g/mol. The molecule has 1 amide bonds. The van der Waals surface area contributed by atoms with E-state index < -0.39 is 11.7 Å². The quantitative estimate of drug-likeness (QED) is 0.392. The third-order valence-electron chi connectivity index (χ3n) is 6.73. The number of hydrogen-bond donors (Lipinski definition) is 2. The van der Waals surface area contributed by atoms with Crippen molar-refractivity contribution < 1.29 is 9.18 Å². The fourth-order valence-corrected chi connectivity index (χ4v) is 4.46. The first-order valence-electron chi connectivity index (χ1n) is 11.9. The molecule has 1 aliphatic carbocycles. The third-order valence-corrected chi connectivity index (χ3v) is 6.73. The first-order valence-corrected chi connectivity index (χ1v) is 11.9. The van der Waals surface area contributed by atoms with Crippen molar-refractivity contribution in [1.29, 1.82) is 0 Å². The highest BCUT2D eigenvalue weighted by Gasteiger charge is 2.21. The lowest BCUT2D eigenvalue weighted by Gasteiger charge is -2.24. The van der Waals surface area contributed by atoms with E-state index in [-0.39, 0.29) is 11.5 Å². The summed E-state index contributed by atoms with van der Waals surface area (Å²) in [5.74, 6) is 0.219. The van der Waals surface area contributed by atoms with E-state index in [9.17, 15) is 9.18 Å². The average Bonchev–Trinajstić information content (AvgIpc) is 2.86. The molecule has 1 atom stereocenters. The molecule has 1 aromatic carbocycles. The molecular formula is C27H27FN6O. The summed E-state index contributed by atoms with van der Waals surface area (Å²) in [5.41, 5.74) is 4.46. The number of carbonyl (C=O) groups is 1. The van der Waals surface area contributed by atoms with Crippen LogP contribution in [0.5, 0.6) is 0 Å². The van der Waals surface area contributed by atoms with Gasteiger partial charge in [0.1, 0.15) is 12.1 Å². The first kappa shape index (κ1) is 22.8. The van der Waals surface area contributed by atoms with Crippen LogP contribution in [-0.2, 0) is 0 Å². The number of anilines is 1. The number of carbonyl (C=O) groups excluding carboxylic acids is 1. The van der Waals surface area contributed by atoms with Crippen molar-refractivity contribution in [2.75, 3.05) is 18.9 Å². The minimum Gasteiger partial charge on any atom is -0.369 e. The smallest absolute Gasteiger partial charge is 0.254 e. The molecule has 7 nitrogen and oxygen atoms in total. The molecule has 0 radical (unpaired) electrons. The van der Waals surface area contributed by atoms with Gasteiger partial charge in [0.2, 0.25) is 0 Å². The van der Waals surface area contributed by atoms with E-state index in [4.69, 9.17) is 0 Å². The second-order valence-corrected chi connectivity index (χ2v) is 8.97. The van der Waals surface area contributed by atoms with Crippen molar-refractivity contribution in [2.24, 2.45) is 0 Å². The lowest BCUT2D eigenvalue weighted by molar-refractivity contribution is 0.0960. The van der Waals surface area contributed by atoms with E-state index in [2.05, 4.69) is 49.6 Å². The lowest BCUT2D eigenvalue weighted by atomic mass is 9.82. The normalized spacial score (nSPS) is 14.4. The number of rotatable bonds is 7. The number of fused-ring (bicyclic) bond motifs is 1. The van der Waals surface area contributed by atoms with Crippen LogP contribution in [0.3, 0.4) is 0 Å². The van der Waals surface area contributed by atoms with Crippen LogP contribution >= 0.6 is 0 Å². The number of nitrogens with one attached hydrogen (secondary N) is 2. The Morgan fingerprint density at radius 3 is 2.69 bits per heavy atom. The zero-order chi connectivity index (χ0) is 24.4. The van der Waals surface area contributed by atoms with E-state index in [0.717, 1.165) is 28.7 Å². The van der Waals surface area contributed by atoms with E-state index >= 15 is 0 Å². The topological polar surface area (TPSA) is 92.7 Å². The highest BCUT2D eigenvalue weighted by molar-refractivity contribution is 6.06. The van der Waals surface area contributed by atoms with Gasteiger partial charge in [0.25, 0.3) is 5.91 Å². The second kappa shape index (κ2) is 9.74. The minimum absolute atomic E-state index is 0.0110. The molecule has 0 spiro atoms. The highest BCUT2D eigenvalue weighted by Crippen LogP contribution is 2.35. The standard InChI is InChI=1S/C27H27FN6O/c1-16(19-7-4-8-20-25(27(35)29-2)21(28)14-32-26(19)20)12-31-24-11-23(33-15-34-24)18-9-10-22(30-13-18)17-5-3-6-17/h4,7-11,13-17H,3,5-6,12H2,1-2H3,(H,29,35)(H,31,33,34)/t16-/m1/s1. The van der Waals surface area contributed by atoms with Crippen molar-refractivity contribution in [3.63, 3.8) is 0 Å². The van der Waals surface area contributed by atoms with Gasteiger partial charge in [-0.05, 0) is 30.5 Å².